The van der Waals surface area contributed by atoms with Crippen LogP contribution >= 0.6 is 0 Å². The molecule has 7 rings (SSSR count). The molecule has 3 nitrogen and oxygen atoms in total. The van der Waals surface area contributed by atoms with Gasteiger partial charge in [-0.2, -0.15) is 0 Å². The first-order chi connectivity index (χ1) is 17.5. The number of benzene rings is 3. The molecule has 0 amide bonds. The quantitative estimate of drug-likeness (QED) is 0.310. The SMILES string of the molecule is CCCCCCOc1ccc(-c2ccc3cc(C(=O)O)ccc3c2)c(C23CC4CC(CC(C4)C2)C3)c1. The van der Waals surface area contributed by atoms with Gasteiger partial charge in [0.25, 0.3) is 0 Å². The van der Waals surface area contributed by atoms with Crippen LogP contribution in [0.3, 0.4) is 0 Å². The van der Waals surface area contributed by atoms with Crippen LogP contribution in [0.25, 0.3) is 21.9 Å². The fourth-order valence-corrected chi connectivity index (χ4v) is 8.01. The van der Waals surface area contributed by atoms with Crippen LogP contribution in [-0.4, -0.2) is 17.7 Å². The van der Waals surface area contributed by atoms with Gasteiger partial charge in [0, 0.05) is 0 Å². The summed E-state index contributed by atoms with van der Waals surface area (Å²) >= 11 is 0. The number of aromatic carboxylic acids is 1. The summed E-state index contributed by atoms with van der Waals surface area (Å²) in [6.45, 7) is 3.04. The summed E-state index contributed by atoms with van der Waals surface area (Å²) in [5.41, 5.74) is 4.66. The van der Waals surface area contributed by atoms with Crippen LogP contribution in [0, 0.1) is 17.8 Å². The number of fused-ring (bicyclic) bond motifs is 1. The second kappa shape index (κ2) is 9.57. The van der Waals surface area contributed by atoms with Crippen molar-refractivity contribution in [1.82, 2.24) is 0 Å². The van der Waals surface area contributed by atoms with E-state index in [4.69, 9.17) is 4.74 Å². The molecule has 188 valence electrons. The number of ether oxygens (including phenoxy) is 1. The Labute approximate surface area is 214 Å². The molecule has 0 saturated heterocycles. The summed E-state index contributed by atoms with van der Waals surface area (Å²) in [6, 6.07) is 18.8. The number of hydrogen-bond acceptors (Lipinski definition) is 2. The average molecular weight is 483 g/mol. The standard InChI is InChI=1S/C33H38O3/c1-2-3-4-5-12-36-29-10-11-30(27-8-6-26-17-28(32(34)35)9-7-25(26)16-27)31(18-29)33-19-22-13-23(20-33)15-24(14-22)21-33/h6-11,16-18,22-24H,2-5,12-15,19-21H2,1H3,(H,34,35). The van der Waals surface area contributed by atoms with Crippen molar-refractivity contribution in [1.29, 1.82) is 0 Å². The summed E-state index contributed by atoms with van der Waals surface area (Å²) in [4.78, 5) is 11.4. The van der Waals surface area contributed by atoms with Gasteiger partial charge in [-0.15, -0.1) is 0 Å². The highest BCUT2D eigenvalue weighted by molar-refractivity contribution is 5.96. The Kier molecular flexibility index (Phi) is 6.27. The molecule has 3 heteroatoms. The number of carboxylic acid groups (broad SMARTS) is 1. The van der Waals surface area contributed by atoms with Gasteiger partial charge in [-0.3, -0.25) is 0 Å². The predicted molar refractivity (Wildman–Crippen MR) is 146 cm³/mol. The molecule has 4 saturated carbocycles. The number of rotatable bonds is 9. The Bertz CT molecular complexity index is 1240. The summed E-state index contributed by atoms with van der Waals surface area (Å²) in [5.74, 6) is 2.79. The van der Waals surface area contributed by atoms with Gasteiger partial charge in [-0.05, 0) is 126 Å². The third-order valence-corrected chi connectivity index (χ3v) is 9.27. The number of carbonyl (C=O) groups is 1. The van der Waals surface area contributed by atoms with Crippen molar-refractivity contribution in [3.05, 3.63) is 65.7 Å². The highest BCUT2D eigenvalue weighted by Crippen LogP contribution is 2.62. The van der Waals surface area contributed by atoms with Crippen LogP contribution in [0.15, 0.2) is 54.6 Å². The fraction of sp³-hybridized carbons (Fsp3) is 0.485. The Balaban J connectivity index is 1.38. The number of unbranched alkanes of at least 4 members (excludes halogenated alkanes) is 3. The molecule has 0 spiro atoms. The topological polar surface area (TPSA) is 46.5 Å². The van der Waals surface area contributed by atoms with E-state index in [0.29, 0.717) is 5.56 Å². The maximum absolute atomic E-state index is 11.4. The molecule has 1 N–H and O–H groups in total. The molecule has 0 heterocycles. The Morgan fingerprint density at radius 1 is 0.861 bits per heavy atom. The van der Waals surface area contributed by atoms with E-state index in [9.17, 15) is 9.90 Å². The molecule has 3 aromatic rings. The lowest BCUT2D eigenvalue weighted by atomic mass is 9.47. The van der Waals surface area contributed by atoms with Gasteiger partial charge < -0.3 is 9.84 Å². The first-order valence-corrected chi connectivity index (χ1v) is 14.1. The van der Waals surface area contributed by atoms with E-state index in [-0.39, 0.29) is 5.41 Å². The summed E-state index contributed by atoms with van der Waals surface area (Å²) in [5, 5.41) is 11.4. The Morgan fingerprint density at radius 2 is 1.56 bits per heavy atom. The van der Waals surface area contributed by atoms with E-state index in [1.165, 1.54) is 74.5 Å². The lowest BCUT2D eigenvalue weighted by Gasteiger charge is -2.57. The Hall–Kier alpha value is -2.81. The van der Waals surface area contributed by atoms with Crippen LogP contribution in [-0.2, 0) is 5.41 Å². The molecule has 0 aromatic heterocycles. The number of hydrogen-bond donors (Lipinski definition) is 1. The van der Waals surface area contributed by atoms with Crippen molar-refractivity contribution in [3.8, 4) is 16.9 Å². The molecule has 0 atom stereocenters. The third-order valence-electron chi connectivity index (χ3n) is 9.27. The normalized spacial score (nSPS) is 26.4. The molecular weight excluding hydrogens is 444 g/mol. The third kappa shape index (κ3) is 4.42. The minimum atomic E-state index is -0.879. The molecule has 0 aliphatic heterocycles. The first-order valence-electron chi connectivity index (χ1n) is 14.1. The van der Waals surface area contributed by atoms with Gasteiger partial charge in [0.1, 0.15) is 5.75 Å². The molecular formula is C33H38O3. The monoisotopic (exact) mass is 482 g/mol. The fourth-order valence-electron chi connectivity index (χ4n) is 8.01. The van der Waals surface area contributed by atoms with Crippen molar-refractivity contribution in [2.24, 2.45) is 17.8 Å². The zero-order valence-electron chi connectivity index (χ0n) is 21.5. The van der Waals surface area contributed by atoms with Crippen LogP contribution in [0.5, 0.6) is 5.75 Å². The maximum atomic E-state index is 11.4. The minimum absolute atomic E-state index is 0.272. The molecule has 4 fully saturated rings. The first kappa shape index (κ1) is 23.6. The summed E-state index contributed by atoms with van der Waals surface area (Å²) in [7, 11) is 0. The molecule has 4 aliphatic rings. The Morgan fingerprint density at radius 3 is 2.25 bits per heavy atom. The zero-order chi connectivity index (χ0) is 24.7. The van der Waals surface area contributed by atoms with Crippen molar-refractivity contribution >= 4 is 16.7 Å². The van der Waals surface area contributed by atoms with Gasteiger partial charge in [-0.25, -0.2) is 4.79 Å². The van der Waals surface area contributed by atoms with Crippen LogP contribution in [0.2, 0.25) is 0 Å². The maximum Gasteiger partial charge on any atom is 0.335 e. The van der Waals surface area contributed by atoms with Crippen LogP contribution in [0.1, 0.15) is 87.1 Å². The van der Waals surface area contributed by atoms with Crippen molar-refractivity contribution < 1.29 is 14.6 Å². The van der Waals surface area contributed by atoms with E-state index in [1.807, 2.05) is 6.07 Å². The van der Waals surface area contributed by atoms with Gasteiger partial charge in [-0.1, -0.05) is 50.5 Å². The highest BCUT2D eigenvalue weighted by Gasteiger charge is 2.52. The van der Waals surface area contributed by atoms with Gasteiger partial charge in [0.15, 0.2) is 0 Å². The van der Waals surface area contributed by atoms with Crippen LogP contribution < -0.4 is 4.74 Å². The van der Waals surface area contributed by atoms with E-state index in [0.717, 1.165) is 47.3 Å². The van der Waals surface area contributed by atoms with Crippen LogP contribution in [0.4, 0.5) is 0 Å². The van der Waals surface area contributed by atoms with E-state index in [1.54, 1.807) is 12.1 Å². The second-order valence-electron chi connectivity index (χ2n) is 11.9. The average Bonchev–Trinajstić information content (AvgIpc) is 2.87. The van der Waals surface area contributed by atoms with E-state index >= 15 is 0 Å². The van der Waals surface area contributed by atoms with Gasteiger partial charge >= 0.3 is 5.97 Å². The zero-order valence-corrected chi connectivity index (χ0v) is 21.5. The lowest BCUT2D eigenvalue weighted by Crippen LogP contribution is -2.48. The molecule has 0 unspecified atom stereocenters. The molecule has 36 heavy (non-hydrogen) atoms. The predicted octanol–water partition coefficient (Wildman–Crippen LogP) is 8.63. The minimum Gasteiger partial charge on any atom is -0.494 e. The second-order valence-corrected chi connectivity index (χ2v) is 11.9. The van der Waals surface area contributed by atoms with E-state index in [2.05, 4.69) is 43.3 Å². The number of carboxylic acids is 1. The molecule has 4 bridgehead atoms. The molecule has 4 aliphatic carbocycles. The van der Waals surface area contributed by atoms with Crippen molar-refractivity contribution in [3.63, 3.8) is 0 Å². The molecule has 3 aromatic carbocycles. The smallest absolute Gasteiger partial charge is 0.335 e. The van der Waals surface area contributed by atoms with E-state index < -0.39 is 5.97 Å². The lowest BCUT2D eigenvalue weighted by molar-refractivity contribution is -0.00502. The summed E-state index contributed by atoms with van der Waals surface area (Å²) < 4.78 is 6.30. The molecule has 0 radical (unpaired) electrons. The van der Waals surface area contributed by atoms with Gasteiger partial charge in [0.2, 0.25) is 0 Å². The van der Waals surface area contributed by atoms with Crippen molar-refractivity contribution in [2.45, 2.75) is 76.5 Å². The van der Waals surface area contributed by atoms with Gasteiger partial charge in [0.05, 0.1) is 12.2 Å². The van der Waals surface area contributed by atoms with Crippen molar-refractivity contribution in [2.75, 3.05) is 6.61 Å². The summed E-state index contributed by atoms with van der Waals surface area (Å²) in [6.07, 6.45) is 13.1. The largest absolute Gasteiger partial charge is 0.494 e. The highest BCUT2D eigenvalue weighted by atomic mass is 16.5.